The summed E-state index contributed by atoms with van der Waals surface area (Å²) in [6.45, 7) is 6.98. The van der Waals surface area contributed by atoms with Gasteiger partial charge in [-0.25, -0.2) is 9.78 Å². The van der Waals surface area contributed by atoms with Crippen LogP contribution in [0, 0.1) is 13.8 Å². The van der Waals surface area contributed by atoms with Crippen molar-refractivity contribution >= 4 is 33.8 Å². The maximum absolute atomic E-state index is 10.9. The normalized spacial score (nSPS) is 10.0. The predicted octanol–water partition coefficient (Wildman–Crippen LogP) is 5.89. The number of nitrogens with zero attached hydrogens (tertiary/aromatic N) is 2. The molecule has 6 nitrogen and oxygen atoms in total. The first-order chi connectivity index (χ1) is 14.0. The molecule has 0 saturated heterocycles. The molecule has 154 valence electrons. The number of aryl methyl sites for hydroxylation is 2. The van der Waals surface area contributed by atoms with Crippen LogP contribution in [-0.2, 0) is 0 Å². The lowest BCUT2D eigenvalue weighted by Gasteiger charge is -2.03. The number of aromatic carboxylic acids is 1. The fourth-order valence-corrected chi connectivity index (χ4v) is 3.31. The van der Waals surface area contributed by atoms with Crippen molar-refractivity contribution in [2.75, 3.05) is 17.2 Å². The maximum atomic E-state index is 10.9. The maximum Gasteiger partial charge on any atom is 0.347 e. The second kappa shape index (κ2) is 11.8. The second-order valence-corrected chi connectivity index (χ2v) is 7.60. The van der Waals surface area contributed by atoms with E-state index in [1.165, 1.54) is 24.8 Å². The van der Waals surface area contributed by atoms with Crippen molar-refractivity contribution in [2.24, 2.45) is 0 Å². The van der Waals surface area contributed by atoms with Crippen LogP contribution >= 0.6 is 11.3 Å². The number of anilines is 3. The molecule has 0 fully saturated rings. The molecule has 0 atom stereocenters. The zero-order valence-corrected chi connectivity index (χ0v) is 17.9. The monoisotopic (exact) mass is 412 g/mol. The van der Waals surface area contributed by atoms with E-state index in [2.05, 4.69) is 27.5 Å². The fourth-order valence-electron chi connectivity index (χ4n) is 2.48. The highest BCUT2D eigenvalue weighted by Gasteiger charge is 2.13. The van der Waals surface area contributed by atoms with Crippen LogP contribution in [-0.4, -0.2) is 27.6 Å². The van der Waals surface area contributed by atoms with E-state index in [4.69, 9.17) is 5.11 Å². The first-order valence-corrected chi connectivity index (χ1v) is 10.5. The minimum Gasteiger partial charge on any atom is -0.477 e. The summed E-state index contributed by atoms with van der Waals surface area (Å²) in [6.07, 6.45) is 7.45. The van der Waals surface area contributed by atoms with Gasteiger partial charge < -0.3 is 15.7 Å². The van der Waals surface area contributed by atoms with Crippen LogP contribution in [0.15, 0.2) is 48.8 Å². The van der Waals surface area contributed by atoms with Crippen molar-refractivity contribution in [1.82, 2.24) is 9.97 Å². The van der Waals surface area contributed by atoms with E-state index in [9.17, 15) is 4.79 Å². The number of pyridine rings is 1. The van der Waals surface area contributed by atoms with Crippen molar-refractivity contribution in [3.8, 4) is 0 Å². The van der Waals surface area contributed by atoms with Gasteiger partial charge in [0.2, 0.25) is 0 Å². The number of carbonyl (C=O) groups is 1. The number of thiazole rings is 1. The molecule has 0 radical (unpaired) electrons. The molecule has 1 aromatic carbocycles. The summed E-state index contributed by atoms with van der Waals surface area (Å²) in [7, 11) is 0. The highest BCUT2D eigenvalue weighted by atomic mass is 32.1. The highest BCUT2D eigenvalue weighted by molar-refractivity contribution is 7.17. The summed E-state index contributed by atoms with van der Waals surface area (Å²) >= 11 is 1.14. The van der Waals surface area contributed by atoms with Gasteiger partial charge >= 0.3 is 5.97 Å². The zero-order valence-electron chi connectivity index (χ0n) is 17.1. The molecule has 29 heavy (non-hydrogen) atoms. The third-order valence-electron chi connectivity index (χ3n) is 4.06. The summed E-state index contributed by atoms with van der Waals surface area (Å²) in [6, 6.07) is 11.8. The minimum atomic E-state index is -0.933. The van der Waals surface area contributed by atoms with E-state index in [1.54, 1.807) is 13.1 Å². The first kappa shape index (κ1) is 22.4. The molecule has 0 saturated carbocycles. The molecule has 0 aliphatic rings. The number of aromatic nitrogens is 2. The van der Waals surface area contributed by atoms with Gasteiger partial charge in [-0.3, -0.25) is 4.98 Å². The van der Waals surface area contributed by atoms with Crippen molar-refractivity contribution in [3.05, 3.63) is 64.9 Å². The molecule has 0 spiro atoms. The Labute approximate surface area is 176 Å². The summed E-state index contributed by atoms with van der Waals surface area (Å²) in [4.78, 5) is 19.3. The average Bonchev–Trinajstić information content (AvgIpc) is 3.09. The van der Waals surface area contributed by atoms with Crippen LogP contribution in [0.3, 0.4) is 0 Å². The molecule has 0 aliphatic carbocycles. The average molecular weight is 413 g/mol. The van der Waals surface area contributed by atoms with Gasteiger partial charge in [0.15, 0.2) is 5.13 Å². The standard InChI is InChI=1S/C12H12N2O2S.C10H16N2/c1-7-3-5-9(6-4-7)14-12-13-8(2)10(17-12)11(15)16;1-2-3-4-8-12-10-6-5-7-11-9-10/h3-6H,1-2H3,(H,13,14)(H,15,16);5-7,9,12H,2-4,8H2,1H3. The lowest BCUT2D eigenvalue weighted by molar-refractivity contribution is 0.0701. The topological polar surface area (TPSA) is 87.1 Å². The Bertz CT molecular complexity index is 880. The molecule has 0 bridgehead atoms. The number of hydrogen-bond acceptors (Lipinski definition) is 6. The van der Waals surface area contributed by atoms with Crippen LogP contribution in [0.1, 0.15) is 47.1 Å². The fraction of sp³-hybridized carbons (Fsp3) is 0.318. The molecule has 0 aliphatic heterocycles. The van der Waals surface area contributed by atoms with E-state index in [1.807, 2.05) is 49.5 Å². The number of carboxylic acids is 1. The number of carboxylic acid groups (broad SMARTS) is 1. The smallest absolute Gasteiger partial charge is 0.347 e. The Kier molecular flexibility index (Phi) is 9.11. The number of benzene rings is 1. The number of unbranched alkanes of at least 4 members (excludes halogenated alkanes) is 2. The zero-order chi connectivity index (χ0) is 21.1. The van der Waals surface area contributed by atoms with Crippen LogP contribution in [0.25, 0.3) is 0 Å². The first-order valence-electron chi connectivity index (χ1n) is 9.68. The van der Waals surface area contributed by atoms with Gasteiger partial charge in [-0.15, -0.1) is 0 Å². The Hall–Kier alpha value is -2.93. The Balaban J connectivity index is 0.000000221. The van der Waals surface area contributed by atoms with Crippen molar-refractivity contribution in [1.29, 1.82) is 0 Å². The number of hydrogen-bond donors (Lipinski definition) is 3. The molecule has 2 heterocycles. The van der Waals surface area contributed by atoms with Crippen molar-refractivity contribution < 1.29 is 9.90 Å². The quantitative estimate of drug-likeness (QED) is 0.400. The van der Waals surface area contributed by atoms with Crippen LogP contribution in [0.4, 0.5) is 16.5 Å². The number of rotatable bonds is 8. The van der Waals surface area contributed by atoms with E-state index >= 15 is 0 Å². The van der Waals surface area contributed by atoms with Gasteiger partial charge in [-0.1, -0.05) is 48.8 Å². The summed E-state index contributed by atoms with van der Waals surface area (Å²) in [5.41, 5.74) is 3.74. The SMILES string of the molecule is CCCCCNc1cccnc1.Cc1ccc(Nc2nc(C)c(C(=O)O)s2)cc1. The van der Waals surface area contributed by atoms with Crippen LogP contribution in [0.5, 0.6) is 0 Å². The second-order valence-electron chi connectivity index (χ2n) is 6.61. The van der Waals surface area contributed by atoms with Gasteiger partial charge in [0.25, 0.3) is 0 Å². The third-order valence-corrected chi connectivity index (χ3v) is 5.13. The van der Waals surface area contributed by atoms with Gasteiger partial charge in [0, 0.05) is 24.6 Å². The lowest BCUT2D eigenvalue weighted by atomic mass is 10.2. The van der Waals surface area contributed by atoms with Crippen molar-refractivity contribution in [2.45, 2.75) is 40.0 Å². The van der Waals surface area contributed by atoms with Crippen molar-refractivity contribution in [3.63, 3.8) is 0 Å². The molecule has 0 unspecified atom stereocenters. The van der Waals surface area contributed by atoms with E-state index in [0.29, 0.717) is 10.8 Å². The Morgan fingerprint density at radius 2 is 1.86 bits per heavy atom. The Morgan fingerprint density at radius 1 is 1.10 bits per heavy atom. The molecule has 7 heteroatoms. The molecule has 2 aromatic heterocycles. The van der Waals surface area contributed by atoms with Gasteiger partial charge in [0.1, 0.15) is 4.88 Å². The highest BCUT2D eigenvalue weighted by Crippen LogP contribution is 2.25. The largest absolute Gasteiger partial charge is 0.477 e. The molecular weight excluding hydrogens is 384 g/mol. The molecule has 3 N–H and O–H groups in total. The molecule has 3 rings (SSSR count). The van der Waals surface area contributed by atoms with E-state index in [-0.39, 0.29) is 4.88 Å². The van der Waals surface area contributed by atoms with Crippen LogP contribution < -0.4 is 10.6 Å². The Morgan fingerprint density at radius 3 is 2.45 bits per heavy atom. The predicted molar refractivity (Wildman–Crippen MR) is 121 cm³/mol. The molecule has 0 amide bonds. The summed E-state index contributed by atoms with van der Waals surface area (Å²) < 4.78 is 0. The van der Waals surface area contributed by atoms with Gasteiger partial charge in [-0.2, -0.15) is 0 Å². The summed E-state index contributed by atoms with van der Waals surface area (Å²) in [5.74, 6) is -0.933. The number of nitrogens with one attached hydrogen (secondary N) is 2. The van der Waals surface area contributed by atoms with Gasteiger partial charge in [0.05, 0.1) is 11.4 Å². The minimum absolute atomic E-state index is 0.277. The molecule has 3 aromatic rings. The van der Waals surface area contributed by atoms with E-state index < -0.39 is 5.97 Å². The van der Waals surface area contributed by atoms with Crippen LogP contribution in [0.2, 0.25) is 0 Å². The lowest BCUT2D eigenvalue weighted by Crippen LogP contribution is -2.00. The summed E-state index contributed by atoms with van der Waals surface area (Å²) in [5, 5.41) is 15.9. The van der Waals surface area contributed by atoms with Gasteiger partial charge in [-0.05, 0) is 44.5 Å². The van der Waals surface area contributed by atoms with E-state index in [0.717, 1.165) is 29.3 Å². The molecular formula is C22H28N4O2S. The third kappa shape index (κ3) is 7.91.